The van der Waals surface area contributed by atoms with E-state index in [0.29, 0.717) is 25.2 Å². The number of carbonyl (C=O) groups excluding carboxylic acids is 1. The smallest absolute Gasteiger partial charge is 0.243 e. The number of rotatable bonds is 9. The van der Waals surface area contributed by atoms with Crippen LogP contribution >= 0.6 is 24.0 Å². The van der Waals surface area contributed by atoms with Crippen LogP contribution in [0.1, 0.15) is 38.5 Å². The fourth-order valence-corrected chi connectivity index (χ4v) is 3.04. The summed E-state index contributed by atoms with van der Waals surface area (Å²) in [5.41, 5.74) is 0.878. The SMILES string of the molecule is COCCCOc1cccc(NC(=NCC(=O)N(C)C)NC2CCCCC2)c1.I. The van der Waals surface area contributed by atoms with E-state index in [1.54, 1.807) is 26.1 Å². The van der Waals surface area contributed by atoms with Gasteiger partial charge in [0.2, 0.25) is 5.91 Å². The molecule has 0 saturated heterocycles. The lowest BCUT2D eigenvalue weighted by atomic mass is 9.96. The number of nitrogens with zero attached hydrogens (tertiary/aromatic N) is 2. The number of carbonyl (C=O) groups is 1. The molecular formula is C21H35IN4O3. The Morgan fingerprint density at radius 3 is 2.66 bits per heavy atom. The van der Waals surface area contributed by atoms with Crippen molar-refractivity contribution >= 4 is 41.5 Å². The van der Waals surface area contributed by atoms with Gasteiger partial charge in [-0.05, 0) is 25.0 Å². The summed E-state index contributed by atoms with van der Waals surface area (Å²) in [6, 6.07) is 8.17. The molecule has 0 radical (unpaired) electrons. The maximum absolute atomic E-state index is 12.0. The maximum Gasteiger partial charge on any atom is 0.243 e. The number of ether oxygens (including phenoxy) is 2. The van der Waals surface area contributed by atoms with Gasteiger partial charge in [-0.3, -0.25) is 4.79 Å². The molecular weight excluding hydrogens is 483 g/mol. The minimum absolute atomic E-state index is 0. The molecule has 1 amide bonds. The Labute approximate surface area is 191 Å². The number of hydrogen-bond acceptors (Lipinski definition) is 4. The second-order valence-electron chi connectivity index (χ2n) is 7.28. The van der Waals surface area contributed by atoms with Crippen LogP contribution in [0.3, 0.4) is 0 Å². The van der Waals surface area contributed by atoms with Crippen molar-refractivity contribution in [2.75, 3.05) is 46.3 Å². The van der Waals surface area contributed by atoms with Gasteiger partial charge in [0.05, 0.1) is 6.61 Å². The number of nitrogens with one attached hydrogen (secondary N) is 2. The number of aliphatic imine (C=N–C) groups is 1. The molecule has 1 saturated carbocycles. The fraction of sp³-hybridized carbons (Fsp3) is 0.619. The first-order chi connectivity index (χ1) is 13.6. The summed E-state index contributed by atoms with van der Waals surface area (Å²) < 4.78 is 10.8. The van der Waals surface area contributed by atoms with E-state index in [2.05, 4.69) is 15.6 Å². The molecule has 2 N–H and O–H groups in total. The van der Waals surface area contributed by atoms with E-state index < -0.39 is 0 Å². The van der Waals surface area contributed by atoms with Gasteiger partial charge in [0.15, 0.2) is 5.96 Å². The van der Waals surface area contributed by atoms with E-state index in [9.17, 15) is 4.79 Å². The Morgan fingerprint density at radius 2 is 1.97 bits per heavy atom. The molecule has 1 aromatic rings. The number of likely N-dealkylation sites (N-methyl/N-ethyl adjacent to an activating group) is 1. The van der Waals surface area contributed by atoms with Gasteiger partial charge in [-0.1, -0.05) is 25.3 Å². The molecule has 29 heavy (non-hydrogen) atoms. The average Bonchev–Trinajstić information content (AvgIpc) is 2.70. The Morgan fingerprint density at radius 1 is 1.21 bits per heavy atom. The predicted octanol–water partition coefficient (Wildman–Crippen LogP) is 3.50. The first-order valence-corrected chi connectivity index (χ1v) is 10.1. The van der Waals surface area contributed by atoms with Gasteiger partial charge in [0.25, 0.3) is 0 Å². The summed E-state index contributed by atoms with van der Waals surface area (Å²) in [4.78, 5) is 18.0. The van der Waals surface area contributed by atoms with Crippen LogP contribution in [0.4, 0.5) is 5.69 Å². The molecule has 0 heterocycles. The van der Waals surface area contributed by atoms with E-state index in [4.69, 9.17) is 9.47 Å². The van der Waals surface area contributed by atoms with Gasteiger partial charge in [0, 0.05) is 52.0 Å². The number of hydrogen-bond donors (Lipinski definition) is 2. The van der Waals surface area contributed by atoms with Crippen molar-refractivity contribution in [3.63, 3.8) is 0 Å². The van der Waals surface area contributed by atoms with E-state index >= 15 is 0 Å². The molecule has 0 bridgehead atoms. The number of anilines is 1. The molecule has 1 aliphatic rings. The second kappa shape index (κ2) is 14.4. The van der Waals surface area contributed by atoms with Gasteiger partial charge < -0.3 is 25.0 Å². The van der Waals surface area contributed by atoms with Crippen molar-refractivity contribution in [2.45, 2.75) is 44.6 Å². The zero-order valence-electron chi connectivity index (χ0n) is 17.8. The fourth-order valence-electron chi connectivity index (χ4n) is 3.04. The minimum atomic E-state index is -0.0278. The average molecular weight is 518 g/mol. The van der Waals surface area contributed by atoms with Crippen LogP contribution in [0.2, 0.25) is 0 Å². The molecule has 8 heteroatoms. The van der Waals surface area contributed by atoms with Crippen molar-refractivity contribution < 1.29 is 14.3 Å². The molecule has 7 nitrogen and oxygen atoms in total. The summed E-state index contributed by atoms with van der Waals surface area (Å²) in [7, 11) is 5.17. The molecule has 1 aliphatic carbocycles. The highest BCUT2D eigenvalue weighted by Crippen LogP contribution is 2.19. The molecule has 0 atom stereocenters. The van der Waals surface area contributed by atoms with Crippen molar-refractivity contribution in [3.8, 4) is 5.75 Å². The zero-order chi connectivity index (χ0) is 20.2. The van der Waals surface area contributed by atoms with Crippen molar-refractivity contribution in [1.29, 1.82) is 0 Å². The van der Waals surface area contributed by atoms with E-state index in [-0.39, 0.29) is 36.4 Å². The third kappa shape index (κ3) is 10.2. The highest BCUT2D eigenvalue weighted by atomic mass is 127. The number of benzene rings is 1. The van der Waals surface area contributed by atoms with Crippen LogP contribution in [-0.2, 0) is 9.53 Å². The lowest BCUT2D eigenvalue weighted by Gasteiger charge is -2.25. The lowest BCUT2D eigenvalue weighted by molar-refractivity contribution is -0.127. The summed E-state index contributed by atoms with van der Waals surface area (Å²) in [6.07, 6.45) is 6.85. The Hall–Kier alpha value is -1.55. The predicted molar refractivity (Wildman–Crippen MR) is 128 cm³/mol. The standard InChI is InChI=1S/C21H34N4O3.HI/c1-25(2)20(26)16-22-21(23-17-9-5-4-6-10-17)24-18-11-7-12-19(15-18)28-14-8-13-27-3;/h7,11-12,15,17H,4-6,8-10,13-14,16H2,1-3H3,(H2,22,23,24);1H. The van der Waals surface area contributed by atoms with Crippen LogP contribution in [0.25, 0.3) is 0 Å². The van der Waals surface area contributed by atoms with Crippen LogP contribution in [0.5, 0.6) is 5.75 Å². The van der Waals surface area contributed by atoms with Gasteiger partial charge >= 0.3 is 0 Å². The molecule has 2 rings (SSSR count). The van der Waals surface area contributed by atoms with Crippen molar-refractivity contribution in [3.05, 3.63) is 24.3 Å². The molecule has 0 aromatic heterocycles. The normalized spacial score (nSPS) is 14.7. The number of amides is 1. The largest absolute Gasteiger partial charge is 0.493 e. The van der Waals surface area contributed by atoms with Crippen LogP contribution in [0.15, 0.2) is 29.3 Å². The lowest BCUT2D eigenvalue weighted by Crippen LogP contribution is -2.41. The Kier molecular flexibility index (Phi) is 12.7. The third-order valence-electron chi connectivity index (χ3n) is 4.68. The van der Waals surface area contributed by atoms with Gasteiger partial charge in [-0.25, -0.2) is 4.99 Å². The zero-order valence-corrected chi connectivity index (χ0v) is 20.1. The van der Waals surface area contributed by atoms with E-state index in [0.717, 1.165) is 30.7 Å². The maximum atomic E-state index is 12.0. The number of methoxy groups -OCH3 is 1. The highest BCUT2D eigenvalue weighted by Gasteiger charge is 2.15. The highest BCUT2D eigenvalue weighted by molar-refractivity contribution is 14.0. The molecule has 0 aliphatic heterocycles. The van der Waals surface area contributed by atoms with Crippen molar-refractivity contribution in [1.82, 2.24) is 10.2 Å². The van der Waals surface area contributed by atoms with Crippen LogP contribution in [0, 0.1) is 0 Å². The first-order valence-electron chi connectivity index (χ1n) is 10.1. The third-order valence-corrected chi connectivity index (χ3v) is 4.68. The molecule has 0 spiro atoms. The number of guanidine groups is 1. The van der Waals surface area contributed by atoms with E-state index in [1.165, 1.54) is 19.3 Å². The molecule has 0 unspecified atom stereocenters. The van der Waals surface area contributed by atoms with E-state index in [1.807, 2.05) is 24.3 Å². The van der Waals surface area contributed by atoms with Gasteiger partial charge in [-0.15, -0.1) is 24.0 Å². The molecule has 1 aromatic carbocycles. The van der Waals surface area contributed by atoms with Gasteiger partial charge in [-0.2, -0.15) is 0 Å². The first kappa shape index (κ1) is 25.5. The quantitative estimate of drug-likeness (QED) is 0.227. The second-order valence-corrected chi connectivity index (χ2v) is 7.28. The van der Waals surface area contributed by atoms with Crippen molar-refractivity contribution in [2.24, 2.45) is 4.99 Å². The van der Waals surface area contributed by atoms with Crippen LogP contribution in [-0.4, -0.2) is 63.8 Å². The Bertz CT molecular complexity index is 634. The topological polar surface area (TPSA) is 75.2 Å². The summed E-state index contributed by atoms with van der Waals surface area (Å²) in [6.45, 7) is 1.40. The summed E-state index contributed by atoms with van der Waals surface area (Å²) in [5.74, 6) is 1.40. The number of halogens is 1. The molecule has 1 fully saturated rings. The van der Waals surface area contributed by atoms with Gasteiger partial charge in [0.1, 0.15) is 12.3 Å². The van der Waals surface area contributed by atoms with Crippen LogP contribution < -0.4 is 15.4 Å². The summed E-state index contributed by atoms with van der Waals surface area (Å²) in [5, 5.41) is 6.81. The minimum Gasteiger partial charge on any atom is -0.493 e. The summed E-state index contributed by atoms with van der Waals surface area (Å²) >= 11 is 0. The monoisotopic (exact) mass is 518 g/mol. The Balaban J connectivity index is 0.00000420. The molecule has 164 valence electrons.